The van der Waals surface area contributed by atoms with Crippen molar-refractivity contribution in [2.24, 2.45) is 5.73 Å². The predicted molar refractivity (Wildman–Crippen MR) is 73.0 cm³/mol. The Labute approximate surface area is 121 Å². The van der Waals surface area contributed by atoms with Crippen LogP contribution >= 0.6 is 0 Å². The van der Waals surface area contributed by atoms with Crippen molar-refractivity contribution in [3.63, 3.8) is 0 Å². The minimum atomic E-state index is -4.42. The number of ether oxygens (including phenoxy) is 1. The molecule has 0 fully saturated rings. The molecule has 0 radical (unpaired) electrons. The number of nitrogens with two attached hydrogens (primary N) is 1. The number of hydrogen-bond acceptors (Lipinski definition) is 3. The van der Waals surface area contributed by atoms with Gasteiger partial charge in [-0.2, -0.15) is 13.2 Å². The summed E-state index contributed by atoms with van der Waals surface area (Å²) in [5.41, 5.74) is 6.75. The maximum absolute atomic E-state index is 11.9. The minimum absolute atomic E-state index is 0.123. The normalized spacial score (nSPS) is 12.8. The number of nitrogens with one attached hydrogen (secondary N) is 1. The van der Waals surface area contributed by atoms with Crippen LogP contribution in [-0.4, -0.2) is 31.3 Å². The predicted octanol–water partition coefficient (Wildman–Crippen LogP) is 2.02. The van der Waals surface area contributed by atoms with Crippen LogP contribution in [0.1, 0.15) is 18.9 Å². The molecule has 0 spiro atoms. The van der Waals surface area contributed by atoms with Crippen LogP contribution in [0.4, 0.5) is 13.2 Å². The van der Waals surface area contributed by atoms with E-state index in [1.54, 1.807) is 17.4 Å². The summed E-state index contributed by atoms with van der Waals surface area (Å²) >= 11 is 0. The zero-order valence-electron chi connectivity index (χ0n) is 11.7. The van der Waals surface area contributed by atoms with Gasteiger partial charge in [0.25, 0.3) is 5.91 Å². The molecule has 0 aromatic heterocycles. The van der Waals surface area contributed by atoms with E-state index in [1.807, 2.05) is 19.1 Å². The van der Waals surface area contributed by atoms with E-state index in [0.717, 1.165) is 18.4 Å². The van der Waals surface area contributed by atoms with Gasteiger partial charge in [-0.25, -0.2) is 0 Å². The number of aryl methyl sites for hydroxylation is 1. The average Bonchev–Trinajstić information content (AvgIpc) is 2.41. The molecule has 1 aromatic rings. The summed E-state index contributed by atoms with van der Waals surface area (Å²) in [6, 6.07) is 7.15. The van der Waals surface area contributed by atoms with E-state index in [4.69, 9.17) is 10.5 Å². The molecule has 1 unspecified atom stereocenters. The van der Waals surface area contributed by atoms with E-state index in [9.17, 15) is 18.0 Å². The van der Waals surface area contributed by atoms with E-state index in [1.165, 1.54) is 0 Å². The first-order valence-corrected chi connectivity index (χ1v) is 6.57. The van der Waals surface area contributed by atoms with Crippen LogP contribution in [-0.2, 0) is 11.2 Å². The largest absolute Gasteiger partial charge is 0.484 e. The number of carbonyl (C=O) groups is 1. The zero-order valence-corrected chi connectivity index (χ0v) is 11.7. The Morgan fingerprint density at radius 2 is 1.95 bits per heavy atom. The summed E-state index contributed by atoms with van der Waals surface area (Å²) in [5, 5.41) is 1.73. The van der Waals surface area contributed by atoms with E-state index in [0.29, 0.717) is 5.75 Å². The van der Waals surface area contributed by atoms with E-state index < -0.39 is 25.2 Å². The third-order valence-electron chi connectivity index (χ3n) is 2.67. The molecule has 1 amide bonds. The SMILES string of the molecule is CC(N)CCc1ccc(OCC(=O)NCC(F)(F)F)cc1. The quantitative estimate of drug-likeness (QED) is 0.810. The Balaban J connectivity index is 2.34. The van der Waals surface area contributed by atoms with Gasteiger partial charge in [0.05, 0.1) is 0 Å². The third kappa shape index (κ3) is 8.19. The molecule has 0 saturated carbocycles. The second-order valence-corrected chi connectivity index (χ2v) is 4.84. The number of hydrogen-bond donors (Lipinski definition) is 2. The van der Waals surface area contributed by atoms with Gasteiger partial charge in [0.1, 0.15) is 12.3 Å². The Morgan fingerprint density at radius 1 is 1.33 bits per heavy atom. The number of alkyl halides is 3. The summed E-state index contributed by atoms with van der Waals surface area (Å²) in [6.45, 7) is 0.123. The van der Waals surface area contributed by atoms with Crippen molar-refractivity contribution < 1.29 is 22.7 Å². The lowest BCUT2D eigenvalue weighted by atomic mass is 10.1. The van der Waals surface area contributed by atoms with Crippen molar-refractivity contribution in [3.8, 4) is 5.75 Å². The van der Waals surface area contributed by atoms with Crippen LogP contribution in [0.5, 0.6) is 5.75 Å². The molecule has 4 nitrogen and oxygen atoms in total. The van der Waals surface area contributed by atoms with Crippen LogP contribution in [0.15, 0.2) is 24.3 Å². The van der Waals surface area contributed by atoms with E-state index in [-0.39, 0.29) is 6.04 Å². The molecule has 0 heterocycles. The molecule has 118 valence electrons. The fourth-order valence-corrected chi connectivity index (χ4v) is 1.55. The van der Waals surface area contributed by atoms with Crippen molar-refractivity contribution >= 4 is 5.91 Å². The Hall–Kier alpha value is -1.76. The number of carbonyl (C=O) groups excluding carboxylic acids is 1. The molecule has 3 N–H and O–H groups in total. The summed E-state index contributed by atoms with van der Waals surface area (Å²) in [5.74, 6) is -0.380. The molecular weight excluding hydrogens is 285 g/mol. The van der Waals surface area contributed by atoms with Crippen molar-refractivity contribution in [1.82, 2.24) is 5.32 Å². The highest BCUT2D eigenvalue weighted by atomic mass is 19.4. The molecule has 7 heteroatoms. The van der Waals surface area contributed by atoms with Gasteiger partial charge in [-0.15, -0.1) is 0 Å². The van der Waals surface area contributed by atoms with Crippen LogP contribution in [0.25, 0.3) is 0 Å². The average molecular weight is 304 g/mol. The second kappa shape index (κ2) is 7.87. The highest BCUT2D eigenvalue weighted by Crippen LogP contribution is 2.14. The van der Waals surface area contributed by atoms with E-state index >= 15 is 0 Å². The van der Waals surface area contributed by atoms with Crippen LogP contribution in [0, 0.1) is 0 Å². The minimum Gasteiger partial charge on any atom is -0.484 e. The first-order chi connectivity index (χ1) is 9.76. The van der Waals surface area contributed by atoms with Gasteiger partial charge in [-0.3, -0.25) is 4.79 Å². The summed E-state index contributed by atoms with van der Waals surface area (Å²) in [7, 11) is 0. The van der Waals surface area contributed by atoms with Gasteiger partial charge in [0, 0.05) is 6.04 Å². The van der Waals surface area contributed by atoms with Gasteiger partial charge >= 0.3 is 6.18 Å². The molecule has 0 aliphatic carbocycles. The highest BCUT2D eigenvalue weighted by molar-refractivity contribution is 5.77. The molecule has 0 aliphatic heterocycles. The number of halogens is 3. The Bertz CT molecular complexity index is 445. The van der Waals surface area contributed by atoms with Crippen LogP contribution < -0.4 is 15.8 Å². The molecule has 0 aliphatic rings. The van der Waals surface area contributed by atoms with Gasteiger partial charge in [0.2, 0.25) is 0 Å². The second-order valence-electron chi connectivity index (χ2n) is 4.84. The zero-order chi connectivity index (χ0) is 15.9. The molecule has 1 aromatic carbocycles. The van der Waals surface area contributed by atoms with Gasteiger partial charge in [-0.05, 0) is 37.5 Å². The lowest BCUT2D eigenvalue weighted by molar-refractivity contribution is -0.139. The van der Waals surface area contributed by atoms with Crippen molar-refractivity contribution in [2.75, 3.05) is 13.2 Å². The summed E-state index contributed by atoms with van der Waals surface area (Å²) in [6.07, 6.45) is -2.72. The fourth-order valence-electron chi connectivity index (χ4n) is 1.55. The smallest absolute Gasteiger partial charge is 0.405 e. The lowest BCUT2D eigenvalue weighted by Crippen LogP contribution is -2.36. The first-order valence-electron chi connectivity index (χ1n) is 6.57. The topological polar surface area (TPSA) is 64.3 Å². The van der Waals surface area contributed by atoms with Crippen molar-refractivity contribution in [1.29, 1.82) is 0 Å². The standard InChI is InChI=1S/C14H19F3N2O2/c1-10(18)2-3-11-4-6-12(7-5-11)21-8-13(20)19-9-14(15,16)17/h4-7,10H,2-3,8-9,18H2,1H3,(H,19,20). The fraction of sp³-hybridized carbons (Fsp3) is 0.500. The highest BCUT2D eigenvalue weighted by Gasteiger charge is 2.27. The first kappa shape index (κ1) is 17.3. The van der Waals surface area contributed by atoms with Crippen molar-refractivity contribution in [3.05, 3.63) is 29.8 Å². The number of rotatable bonds is 7. The number of benzene rings is 1. The summed E-state index contributed by atoms with van der Waals surface area (Å²) < 4.78 is 40.8. The van der Waals surface area contributed by atoms with Crippen LogP contribution in [0.3, 0.4) is 0 Å². The maximum Gasteiger partial charge on any atom is 0.405 e. The molecule has 0 bridgehead atoms. The Kier molecular flexibility index (Phi) is 6.48. The van der Waals surface area contributed by atoms with E-state index in [2.05, 4.69) is 0 Å². The number of amides is 1. The van der Waals surface area contributed by atoms with Gasteiger partial charge in [0.15, 0.2) is 6.61 Å². The summed E-state index contributed by atoms with van der Waals surface area (Å²) in [4.78, 5) is 11.2. The lowest BCUT2D eigenvalue weighted by Gasteiger charge is -2.10. The van der Waals surface area contributed by atoms with Crippen LogP contribution in [0.2, 0.25) is 0 Å². The Morgan fingerprint density at radius 3 is 2.48 bits per heavy atom. The molecule has 1 rings (SSSR count). The molecule has 0 saturated heterocycles. The van der Waals surface area contributed by atoms with Crippen molar-refractivity contribution in [2.45, 2.75) is 32.0 Å². The maximum atomic E-state index is 11.9. The molecular formula is C14H19F3N2O2. The molecule has 1 atom stereocenters. The third-order valence-corrected chi connectivity index (χ3v) is 2.67. The van der Waals surface area contributed by atoms with Gasteiger partial charge < -0.3 is 15.8 Å². The monoisotopic (exact) mass is 304 g/mol. The van der Waals surface area contributed by atoms with Gasteiger partial charge in [-0.1, -0.05) is 12.1 Å². The molecule has 21 heavy (non-hydrogen) atoms.